The Hall–Kier alpha value is -7.83. The summed E-state index contributed by atoms with van der Waals surface area (Å²) in [5.74, 6) is 1.75. The van der Waals surface area contributed by atoms with Gasteiger partial charge in [0, 0.05) is 54.7 Å². The molecule has 0 saturated carbocycles. The van der Waals surface area contributed by atoms with Crippen molar-refractivity contribution in [1.82, 2.24) is 19.5 Å². The van der Waals surface area contributed by atoms with E-state index in [1.165, 1.54) is 0 Å². The number of para-hydroxylation sites is 4. The van der Waals surface area contributed by atoms with Crippen LogP contribution in [0.1, 0.15) is 0 Å². The molecule has 57 heavy (non-hydrogen) atoms. The summed E-state index contributed by atoms with van der Waals surface area (Å²) in [5, 5.41) is 6.50. The molecule has 0 aliphatic heterocycles. The Kier molecular flexibility index (Phi) is 6.83. The highest BCUT2D eigenvalue weighted by Gasteiger charge is 2.20. The van der Waals surface area contributed by atoms with Gasteiger partial charge in [-0.05, 0) is 60.2 Å². The standard InChI is InChI=1S/C51H30N4O2/c1-3-13-31(14-4-1)35-19-11-21-39-42-30-34(26-28-46(42)57-47(35)39)55-43-23-9-7-17-36(43)41-29-33(25-27-44(41)55)50-52-49(32-15-5-2-6-16-32)53-51(54-50)40-22-12-20-38-37-18-8-10-24-45(37)56-48(38)40/h1-30H. The van der Waals surface area contributed by atoms with Crippen LogP contribution in [0, 0.1) is 0 Å². The second-order valence-electron chi connectivity index (χ2n) is 14.4. The van der Waals surface area contributed by atoms with Crippen molar-refractivity contribution >= 4 is 65.7 Å². The third-order valence-corrected chi connectivity index (χ3v) is 11.1. The lowest BCUT2D eigenvalue weighted by Crippen LogP contribution is -2.00. The Bertz CT molecular complexity index is 3530. The average molecular weight is 731 g/mol. The van der Waals surface area contributed by atoms with E-state index in [0.717, 1.165) is 99.2 Å². The van der Waals surface area contributed by atoms with E-state index in [1.807, 2.05) is 66.7 Å². The first kappa shape index (κ1) is 31.5. The van der Waals surface area contributed by atoms with E-state index in [-0.39, 0.29) is 0 Å². The first-order valence-corrected chi connectivity index (χ1v) is 19.0. The van der Waals surface area contributed by atoms with Gasteiger partial charge in [0.05, 0.1) is 16.6 Å². The fourth-order valence-corrected chi connectivity index (χ4v) is 8.43. The van der Waals surface area contributed by atoms with Crippen molar-refractivity contribution in [1.29, 1.82) is 0 Å². The molecule has 0 N–H and O–H groups in total. The highest BCUT2D eigenvalue weighted by atomic mass is 16.3. The molecule has 0 radical (unpaired) electrons. The molecule has 6 nitrogen and oxygen atoms in total. The summed E-state index contributed by atoms with van der Waals surface area (Å²) in [6, 6.07) is 62.7. The molecule has 4 heterocycles. The molecule has 266 valence electrons. The lowest BCUT2D eigenvalue weighted by molar-refractivity contribution is 0.669. The van der Waals surface area contributed by atoms with Crippen molar-refractivity contribution in [3.63, 3.8) is 0 Å². The van der Waals surface area contributed by atoms with Gasteiger partial charge in [0.2, 0.25) is 0 Å². The summed E-state index contributed by atoms with van der Waals surface area (Å²) in [7, 11) is 0. The maximum absolute atomic E-state index is 6.54. The fourth-order valence-electron chi connectivity index (χ4n) is 8.43. The minimum atomic E-state index is 0.557. The molecule has 0 saturated heterocycles. The Morgan fingerprint density at radius 2 is 0.912 bits per heavy atom. The van der Waals surface area contributed by atoms with Gasteiger partial charge in [-0.1, -0.05) is 127 Å². The average Bonchev–Trinajstić information content (AvgIpc) is 3.96. The van der Waals surface area contributed by atoms with Crippen LogP contribution in [0.2, 0.25) is 0 Å². The highest BCUT2D eigenvalue weighted by Crippen LogP contribution is 2.40. The van der Waals surface area contributed by atoms with Gasteiger partial charge in [-0.2, -0.15) is 0 Å². The largest absolute Gasteiger partial charge is 0.455 e. The lowest BCUT2D eigenvalue weighted by atomic mass is 10.0. The monoisotopic (exact) mass is 730 g/mol. The van der Waals surface area contributed by atoms with Gasteiger partial charge in [-0.3, -0.25) is 0 Å². The number of furan rings is 2. The molecule has 0 atom stereocenters. The van der Waals surface area contributed by atoms with Crippen LogP contribution in [0.3, 0.4) is 0 Å². The second-order valence-corrected chi connectivity index (χ2v) is 14.4. The van der Waals surface area contributed by atoms with E-state index >= 15 is 0 Å². The van der Waals surface area contributed by atoms with Gasteiger partial charge in [0.15, 0.2) is 17.5 Å². The van der Waals surface area contributed by atoms with Gasteiger partial charge in [0.25, 0.3) is 0 Å². The third-order valence-electron chi connectivity index (χ3n) is 11.1. The SMILES string of the molecule is c1ccc(-c2nc(-c3ccc4c(c3)c3ccccc3n4-c3ccc4oc5c(-c6ccccc6)cccc5c4c3)nc(-c3cccc4c3oc3ccccc34)n2)cc1. The van der Waals surface area contributed by atoms with Crippen LogP contribution in [-0.2, 0) is 0 Å². The van der Waals surface area contributed by atoms with Crippen LogP contribution in [-0.4, -0.2) is 19.5 Å². The van der Waals surface area contributed by atoms with E-state index in [1.54, 1.807) is 0 Å². The van der Waals surface area contributed by atoms with Gasteiger partial charge in [-0.15, -0.1) is 0 Å². The van der Waals surface area contributed by atoms with Gasteiger partial charge in [-0.25, -0.2) is 15.0 Å². The molecule has 4 aromatic heterocycles. The fraction of sp³-hybridized carbons (Fsp3) is 0. The molecule has 0 spiro atoms. The van der Waals surface area contributed by atoms with Crippen LogP contribution < -0.4 is 0 Å². The lowest BCUT2D eigenvalue weighted by Gasteiger charge is -2.10. The second kappa shape index (κ2) is 12.3. The van der Waals surface area contributed by atoms with Crippen LogP contribution in [0.15, 0.2) is 191 Å². The van der Waals surface area contributed by atoms with E-state index in [9.17, 15) is 0 Å². The summed E-state index contributed by atoms with van der Waals surface area (Å²) >= 11 is 0. The number of rotatable bonds is 5. The van der Waals surface area contributed by atoms with Crippen molar-refractivity contribution in [2.75, 3.05) is 0 Å². The van der Waals surface area contributed by atoms with Gasteiger partial charge < -0.3 is 13.4 Å². The molecule has 0 aliphatic carbocycles. The van der Waals surface area contributed by atoms with Crippen molar-refractivity contribution < 1.29 is 8.83 Å². The van der Waals surface area contributed by atoms with Crippen molar-refractivity contribution in [2.45, 2.75) is 0 Å². The van der Waals surface area contributed by atoms with Crippen LogP contribution in [0.4, 0.5) is 0 Å². The van der Waals surface area contributed by atoms with Crippen LogP contribution in [0.5, 0.6) is 0 Å². The zero-order chi connectivity index (χ0) is 37.5. The maximum atomic E-state index is 6.54. The Morgan fingerprint density at radius 3 is 1.72 bits per heavy atom. The molecule has 8 aromatic carbocycles. The summed E-state index contributed by atoms with van der Waals surface area (Å²) in [4.78, 5) is 15.3. The smallest absolute Gasteiger partial charge is 0.167 e. The number of hydrogen-bond acceptors (Lipinski definition) is 5. The summed E-state index contributed by atoms with van der Waals surface area (Å²) < 4.78 is 15.3. The summed E-state index contributed by atoms with van der Waals surface area (Å²) in [6.07, 6.45) is 0. The van der Waals surface area contributed by atoms with E-state index in [0.29, 0.717) is 17.5 Å². The Morgan fingerprint density at radius 1 is 0.333 bits per heavy atom. The third kappa shape index (κ3) is 4.94. The maximum Gasteiger partial charge on any atom is 0.167 e. The molecule has 0 aliphatic rings. The minimum absolute atomic E-state index is 0.557. The van der Waals surface area contributed by atoms with E-state index < -0.39 is 0 Å². The van der Waals surface area contributed by atoms with Gasteiger partial charge >= 0.3 is 0 Å². The van der Waals surface area contributed by atoms with Crippen LogP contribution in [0.25, 0.3) is 117 Å². The molecule has 12 aromatic rings. The van der Waals surface area contributed by atoms with E-state index in [2.05, 4.69) is 120 Å². The van der Waals surface area contributed by atoms with Crippen molar-refractivity contribution in [3.8, 4) is 51.0 Å². The molecule has 0 unspecified atom stereocenters. The number of nitrogens with zero attached hydrogens (tertiary/aromatic N) is 4. The summed E-state index contributed by atoms with van der Waals surface area (Å²) in [5.41, 5.74) is 11.4. The Balaban J connectivity index is 1.04. The van der Waals surface area contributed by atoms with Crippen molar-refractivity contribution in [2.24, 2.45) is 0 Å². The van der Waals surface area contributed by atoms with Gasteiger partial charge in [0.1, 0.15) is 22.3 Å². The first-order valence-electron chi connectivity index (χ1n) is 19.0. The first-order chi connectivity index (χ1) is 28.2. The predicted octanol–water partition coefficient (Wildman–Crippen LogP) is 13.4. The number of aromatic nitrogens is 4. The zero-order valence-electron chi connectivity index (χ0n) is 30.4. The molecular weight excluding hydrogens is 701 g/mol. The highest BCUT2D eigenvalue weighted by molar-refractivity contribution is 6.13. The number of fused-ring (bicyclic) bond motifs is 9. The number of hydrogen-bond donors (Lipinski definition) is 0. The molecule has 0 amide bonds. The minimum Gasteiger partial charge on any atom is -0.455 e. The summed E-state index contributed by atoms with van der Waals surface area (Å²) in [6.45, 7) is 0. The quantitative estimate of drug-likeness (QED) is 0.176. The predicted molar refractivity (Wildman–Crippen MR) is 230 cm³/mol. The van der Waals surface area contributed by atoms with E-state index in [4.69, 9.17) is 23.8 Å². The topological polar surface area (TPSA) is 69.9 Å². The molecule has 0 bridgehead atoms. The molecular formula is C51H30N4O2. The van der Waals surface area contributed by atoms with Crippen LogP contribution >= 0.6 is 0 Å². The van der Waals surface area contributed by atoms with Crippen molar-refractivity contribution in [3.05, 3.63) is 182 Å². The Labute approximate surface area is 325 Å². The number of benzene rings is 8. The normalized spacial score (nSPS) is 11.9. The molecule has 0 fully saturated rings. The zero-order valence-corrected chi connectivity index (χ0v) is 30.4. The molecule has 6 heteroatoms. The molecule has 12 rings (SSSR count).